The molecule has 2 aliphatic rings. The number of ether oxygens (including phenoxy) is 1. The van der Waals surface area contributed by atoms with Gasteiger partial charge in [0, 0.05) is 30.4 Å². The van der Waals surface area contributed by atoms with Crippen LogP contribution in [0.3, 0.4) is 0 Å². The smallest absolute Gasteiger partial charge is 0.339 e. The van der Waals surface area contributed by atoms with Gasteiger partial charge in [0.1, 0.15) is 6.61 Å². The van der Waals surface area contributed by atoms with Crippen molar-refractivity contribution in [3.63, 3.8) is 0 Å². The number of carbonyl (C=O) groups is 1. The van der Waals surface area contributed by atoms with Crippen molar-refractivity contribution in [2.45, 2.75) is 45.9 Å². The zero-order valence-electron chi connectivity index (χ0n) is 13.8. The highest BCUT2D eigenvalue weighted by atomic mass is 16.5. The molecule has 2 atom stereocenters. The molecule has 0 aromatic heterocycles. The van der Waals surface area contributed by atoms with Gasteiger partial charge in [-0.1, -0.05) is 0 Å². The van der Waals surface area contributed by atoms with E-state index in [4.69, 9.17) is 4.74 Å². The number of hydrogen-bond acceptors (Lipinski definition) is 4. The molecule has 2 unspecified atom stereocenters. The molecule has 3 rings (SSSR count). The van der Waals surface area contributed by atoms with Crippen LogP contribution >= 0.6 is 0 Å². The molecule has 2 heterocycles. The Labute approximate surface area is 126 Å². The maximum Gasteiger partial charge on any atom is 0.339 e. The van der Waals surface area contributed by atoms with Gasteiger partial charge in [0.2, 0.25) is 0 Å². The van der Waals surface area contributed by atoms with Crippen molar-refractivity contribution in [1.29, 1.82) is 0 Å². The molecule has 1 aromatic rings. The van der Waals surface area contributed by atoms with Gasteiger partial charge in [-0.05, 0) is 58.0 Å². The quantitative estimate of drug-likeness (QED) is 0.744. The van der Waals surface area contributed by atoms with Crippen molar-refractivity contribution >= 4 is 11.7 Å². The molecule has 114 valence electrons. The molecule has 0 bridgehead atoms. The topological polar surface area (TPSA) is 32.8 Å². The van der Waals surface area contributed by atoms with E-state index in [1.54, 1.807) is 0 Å². The normalized spacial score (nSPS) is 24.1. The molecule has 2 aliphatic heterocycles. The van der Waals surface area contributed by atoms with Crippen LogP contribution in [0.4, 0.5) is 5.69 Å². The lowest BCUT2D eigenvalue weighted by Crippen LogP contribution is -2.40. The number of rotatable bonds is 1. The summed E-state index contributed by atoms with van der Waals surface area (Å²) in [5.41, 5.74) is 6.79. The van der Waals surface area contributed by atoms with Crippen molar-refractivity contribution < 1.29 is 9.53 Å². The summed E-state index contributed by atoms with van der Waals surface area (Å²) in [5, 5.41) is 0. The SMILES string of the molecule is Cc1c2c(c(C)c3c1C(N(C)C)CC(C)N3C)C(=O)OC2. The first-order valence-electron chi connectivity index (χ1n) is 7.56. The molecule has 0 radical (unpaired) electrons. The Bertz CT molecular complexity index is 622. The van der Waals surface area contributed by atoms with Gasteiger partial charge in [-0.25, -0.2) is 4.79 Å². The van der Waals surface area contributed by atoms with Gasteiger partial charge >= 0.3 is 5.97 Å². The number of benzene rings is 1. The second-order valence-corrected chi connectivity index (χ2v) is 6.62. The third-order valence-corrected chi connectivity index (χ3v) is 5.23. The molecule has 0 N–H and O–H groups in total. The number of carbonyl (C=O) groups excluding carboxylic acids is 1. The summed E-state index contributed by atoms with van der Waals surface area (Å²) in [7, 11) is 6.40. The minimum Gasteiger partial charge on any atom is -0.457 e. The molecule has 0 fully saturated rings. The van der Waals surface area contributed by atoms with Gasteiger partial charge in [-0.15, -0.1) is 0 Å². The number of esters is 1. The van der Waals surface area contributed by atoms with Crippen LogP contribution in [0.2, 0.25) is 0 Å². The number of anilines is 1. The standard InChI is InChI=1S/C17H24N2O2/c1-9-7-13(18(4)5)15-10(2)12-8-21-17(20)14(12)11(3)16(15)19(9)6/h9,13H,7-8H2,1-6H3. The van der Waals surface area contributed by atoms with Crippen LogP contribution in [-0.2, 0) is 11.3 Å². The van der Waals surface area contributed by atoms with Crippen molar-refractivity contribution in [1.82, 2.24) is 4.90 Å². The molecule has 0 spiro atoms. The largest absolute Gasteiger partial charge is 0.457 e. The van der Waals surface area contributed by atoms with E-state index in [9.17, 15) is 4.79 Å². The number of nitrogens with zero attached hydrogens (tertiary/aromatic N) is 2. The molecule has 4 nitrogen and oxygen atoms in total. The summed E-state index contributed by atoms with van der Waals surface area (Å²) in [5.74, 6) is -0.165. The van der Waals surface area contributed by atoms with Gasteiger partial charge in [0.15, 0.2) is 0 Å². The van der Waals surface area contributed by atoms with Crippen LogP contribution in [-0.4, -0.2) is 38.1 Å². The summed E-state index contributed by atoms with van der Waals surface area (Å²) in [6.07, 6.45) is 1.10. The number of fused-ring (bicyclic) bond motifs is 2. The van der Waals surface area contributed by atoms with Gasteiger partial charge in [0.25, 0.3) is 0 Å². The van der Waals surface area contributed by atoms with Crippen LogP contribution in [0, 0.1) is 13.8 Å². The van der Waals surface area contributed by atoms with Crippen LogP contribution in [0.5, 0.6) is 0 Å². The van der Waals surface area contributed by atoms with Crippen molar-refractivity contribution in [3.05, 3.63) is 27.8 Å². The number of cyclic esters (lactones) is 1. The lowest BCUT2D eigenvalue weighted by atomic mass is 9.82. The highest BCUT2D eigenvalue weighted by Crippen LogP contribution is 2.46. The Morgan fingerprint density at radius 2 is 1.90 bits per heavy atom. The van der Waals surface area contributed by atoms with E-state index < -0.39 is 0 Å². The molecule has 0 saturated heterocycles. The van der Waals surface area contributed by atoms with E-state index in [0.717, 1.165) is 23.1 Å². The zero-order chi connectivity index (χ0) is 15.5. The monoisotopic (exact) mass is 288 g/mol. The fourth-order valence-electron chi connectivity index (χ4n) is 3.89. The maximum absolute atomic E-state index is 12.1. The first kappa shape index (κ1) is 14.4. The second-order valence-electron chi connectivity index (χ2n) is 6.62. The van der Waals surface area contributed by atoms with Crippen molar-refractivity contribution in [2.24, 2.45) is 0 Å². The third-order valence-electron chi connectivity index (χ3n) is 5.23. The molecule has 21 heavy (non-hydrogen) atoms. The molecule has 0 amide bonds. The van der Waals surface area contributed by atoms with Gasteiger partial charge in [-0.2, -0.15) is 0 Å². The zero-order valence-corrected chi connectivity index (χ0v) is 13.8. The molecule has 0 saturated carbocycles. The minimum atomic E-state index is -0.165. The van der Waals surface area contributed by atoms with E-state index in [-0.39, 0.29) is 5.97 Å². The fraction of sp³-hybridized carbons (Fsp3) is 0.588. The Balaban J connectivity index is 2.33. The van der Waals surface area contributed by atoms with Gasteiger partial charge in [-0.3, -0.25) is 0 Å². The highest BCUT2D eigenvalue weighted by Gasteiger charge is 2.37. The Kier molecular flexibility index (Phi) is 3.24. The Hall–Kier alpha value is -1.55. The van der Waals surface area contributed by atoms with Crippen molar-refractivity contribution in [2.75, 3.05) is 26.0 Å². The average molecular weight is 288 g/mol. The average Bonchev–Trinajstić information content (AvgIpc) is 2.81. The van der Waals surface area contributed by atoms with E-state index >= 15 is 0 Å². The summed E-state index contributed by atoms with van der Waals surface area (Å²) in [4.78, 5) is 16.7. The van der Waals surface area contributed by atoms with E-state index in [1.165, 1.54) is 16.8 Å². The second kappa shape index (κ2) is 4.73. The van der Waals surface area contributed by atoms with Crippen LogP contribution in [0.25, 0.3) is 0 Å². The van der Waals surface area contributed by atoms with Gasteiger partial charge < -0.3 is 14.5 Å². The lowest BCUT2D eigenvalue weighted by molar-refractivity contribution is 0.0534. The van der Waals surface area contributed by atoms with Gasteiger partial charge in [0.05, 0.1) is 5.56 Å². The molecular formula is C17H24N2O2. The van der Waals surface area contributed by atoms with E-state index in [1.807, 2.05) is 0 Å². The molecule has 1 aromatic carbocycles. The fourth-order valence-corrected chi connectivity index (χ4v) is 3.89. The van der Waals surface area contributed by atoms with Crippen molar-refractivity contribution in [3.8, 4) is 0 Å². The predicted octanol–water partition coefficient (Wildman–Crippen LogP) is 2.80. The minimum absolute atomic E-state index is 0.165. The Morgan fingerprint density at radius 3 is 2.52 bits per heavy atom. The van der Waals surface area contributed by atoms with Crippen LogP contribution in [0.15, 0.2) is 0 Å². The summed E-state index contributed by atoms with van der Waals surface area (Å²) >= 11 is 0. The summed E-state index contributed by atoms with van der Waals surface area (Å²) in [6.45, 7) is 6.87. The summed E-state index contributed by atoms with van der Waals surface area (Å²) < 4.78 is 5.29. The molecule has 4 heteroatoms. The summed E-state index contributed by atoms with van der Waals surface area (Å²) in [6, 6.07) is 0.851. The maximum atomic E-state index is 12.1. The lowest BCUT2D eigenvalue weighted by Gasteiger charge is -2.43. The Morgan fingerprint density at radius 1 is 1.24 bits per heavy atom. The molecular weight excluding hydrogens is 264 g/mol. The first-order chi connectivity index (χ1) is 9.84. The van der Waals surface area contributed by atoms with E-state index in [2.05, 4.69) is 51.7 Å². The molecule has 0 aliphatic carbocycles. The van der Waals surface area contributed by atoms with E-state index in [0.29, 0.717) is 18.7 Å². The van der Waals surface area contributed by atoms with Crippen LogP contribution in [0.1, 0.15) is 52.0 Å². The van der Waals surface area contributed by atoms with Crippen LogP contribution < -0.4 is 4.90 Å². The third kappa shape index (κ3) is 1.89. The highest BCUT2D eigenvalue weighted by molar-refractivity contribution is 5.98. The number of hydrogen-bond donors (Lipinski definition) is 0. The first-order valence-corrected chi connectivity index (χ1v) is 7.56. The predicted molar refractivity (Wildman–Crippen MR) is 83.9 cm³/mol.